The third kappa shape index (κ3) is 6.01. The average molecular weight is 385 g/mol. The Morgan fingerprint density at radius 1 is 1.20 bits per heavy atom. The van der Waals surface area contributed by atoms with Gasteiger partial charge in [0.1, 0.15) is 11.0 Å². The molecular formula is C17H27ClN5OS+. The molecule has 0 spiro atoms. The van der Waals surface area contributed by atoms with Gasteiger partial charge in [-0.05, 0) is 32.1 Å². The van der Waals surface area contributed by atoms with Gasteiger partial charge in [0.2, 0.25) is 5.91 Å². The highest BCUT2D eigenvalue weighted by Gasteiger charge is 2.17. The zero-order valence-electron chi connectivity index (χ0n) is 14.6. The lowest BCUT2D eigenvalue weighted by molar-refractivity contribution is -0.903. The van der Waals surface area contributed by atoms with Crippen molar-refractivity contribution in [2.45, 2.75) is 37.3 Å². The van der Waals surface area contributed by atoms with E-state index in [1.165, 1.54) is 57.0 Å². The smallest absolute Gasteiger partial charge is 0.230 e. The molecule has 8 heteroatoms. The molecule has 3 heterocycles. The van der Waals surface area contributed by atoms with Crippen molar-refractivity contribution in [1.82, 2.24) is 15.3 Å². The highest BCUT2D eigenvalue weighted by atomic mass is 35.5. The zero-order chi connectivity index (χ0) is 17.5. The molecular weight excluding hydrogens is 358 g/mol. The SMILES string of the molecule is O=C(CSc1nc(Cl)cc(N2CCCC2)n1)NCC[NH+]1CCCCC1. The number of piperidine rings is 1. The Hall–Kier alpha value is -1.05. The number of nitrogens with one attached hydrogen (secondary N) is 2. The number of rotatable bonds is 7. The number of hydrogen-bond acceptors (Lipinski definition) is 5. The molecule has 6 nitrogen and oxygen atoms in total. The maximum absolute atomic E-state index is 12.0. The van der Waals surface area contributed by atoms with Crippen LogP contribution in [0.5, 0.6) is 0 Å². The number of carbonyl (C=O) groups excluding carboxylic acids is 1. The number of likely N-dealkylation sites (tertiary alicyclic amines) is 1. The maximum Gasteiger partial charge on any atom is 0.230 e. The van der Waals surface area contributed by atoms with Crippen molar-refractivity contribution in [2.75, 3.05) is 49.9 Å². The lowest BCUT2D eigenvalue weighted by Crippen LogP contribution is -3.13. The van der Waals surface area contributed by atoms with E-state index in [-0.39, 0.29) is 5.91 Å². The van der Waals surface area contributed by atoms with Crippen LogP contribution in [0.4, 0.5) is 5.82 Å². The minimum atomic E-state index is 0.0349. The van der Waals surface area contributed by atoms with Gasteiger partial charge in [-0.3, -0.25) is 4.79 Å². The van der Waals surface area contributed by atoms with E-state index < -0.39 is 0 Å². The molecule has 25 heavy (non-hydrogen) atoms. The Morgan fingerprint density at radius 3 is 2.72 bits per heavy atom. The van der Waals surface area contributed by atoms with Crippen molar-refractivity contribution < 1.29 is 9.69 Å². The van der Waals surface area contributed by atoms with Crippen LogP contribution in [0.3, 0.4) is 0 Å². The van der Waals surface area contributed by atoms with Crippen molar-refractivity contribution >= 4 is 35.1 Å². The van der Waals surface area contributed by atoms with Gasteiger partial charge in [0, 0.05) is 19.2 Å². The monoisotopic (exact) mass is 384 g/mol. The summed E-state index contributed by atoms with van der Waals surface area (Å²) in [6.45, 7) is 6.25. The van der Waals surface area contributed by atoms with Gasteiger partial charge in [-0.25, -0.2) is 9.97 Å². The number of hydrogen-bond donors (Lipinski definition) is 2. The molecule has 2 N–H and O–H groups in total. The molecule has 0 aromatic carbocycles. The molecule has 2 fully saturated rings. The Morgan fingerprint density at radius 2 is 1.96 bits per heavy atom. The largest absolute Gasteiger partial charge is 0.356 e. The van der Waals surface area contributed by atoms with Crippen LogP contribution >= 0.6 is 23.4 Å². The standard InChI is InChI=1S/C17H26ClN5OS/c18-14-12-15(23-9-4-5-10-23)21-17(20-14)25-13-16(24)19-6-11-22-7-2-1-3-8-22/h12H,1-11,13H2,(H,19,24)/p+1. The second-order valence-corrected chi connectivity index (χ2v) is 8.05. The van der Waals surface area contributed by atoms with Gasteiger partial charge in [0.25, 0.3) is 0 Å². The highest BCUT2D eigenvalue weighted by Crippen LogP contribution is 2.24. The predicted molar refractivity (Wildman–Crippen MR) is 102 cm³/mol. The van der Waals surface area contributed by atoms with E-state index in [1.54, 1.807) is 11.0 Å². The highest BCUT2D eigenvalue weighted by molar-refractivity contribution is 7.99. The van der Waals surface area contributed by atoms with Crippen molar-refractivity contribution in [3.63, 3.8) is 0 Å². The van der Waals surface area contributed by atoms with E-state index in [2.05, 4.69) is 20.2 Å². The van der Waals surface area contributed by atoms with E-state index in [0.717, 1.165) is 32.0 Å². The molecule has 2 aliphatic heterocycles. The van der Waals surface area contributed by atoms with Crippen molar-refractivity contribution in [3.8, 4) is 0 Å². The first-order valence-electron chi connectivity index (χ1n) is 9.23. The predicted octanol–water partition coefficient (Wildman–Crippen LogP) is 1.01. The molecule has 0 aliphatic carbocycles. The summed E-state index contributed by atoms with van der Waals surface area (Å²) in [5.74, 6) is 1.23. The fourth-order valence-electron chi connectivity index (χ4n) is 3.42. The van der Waals surface area contributed by atoms with Crippen molar-refractivity contribution in [1.29, 1.82) is 0 Å². The van der Waals surface area contributed by atoms with Crippen molar-refractivity contribution in [2.24, 2.45) is 0 Å². The second kappa shape index (κ2) is 9.59. The summed E-state index contributed by atoms with van der Waals surface area (Å²) in [6.07, 6.45) is 6.34. The summed E-state index contributed by atoms with van der Waals surface area (Å²) < 4.78 is 0. The number of halogens is 1. The van der Waals surface area contributed by atoms with Crippen LogP contribution in [0, 0.1) is 0 Å². The molecule has 138 valence electrons. The number of carbonyl (C=O) groups is 1. The number of anilines is 1. The maximum atomic E-state index is 12.0. The van der Waals surface area contributed by atoms with Crippen LogP contribution in [0.25, 0.3) is 0 Å². The molecule has 1 aromatic rings. The molecule has 3 rings (SSSR count). The average Bonchev–Trinajstić information content (AvgIpc) is 3.15. The van der Waals surface area contributed by atoms with Crippen molar-refractivity contribution in [3.05, 3.63) is 11.2 Å². The number of quaternary nitrogens is 1. The summed E-state index contributed by atoms with van der Waals surface area (Å²) in [6, 6.07) is 1.80. The van der Waals surface area contributed by atoms with Gasteiger partial charge in [0.05, 0.1) is 31.9 Å². The lowest BCUT2D eigenvalue weighted by atomic mass is 10.1. The third-order valence-corrected chi connectivity index (χ3v) is 5.83. The molecule has 0 unspecified atom stereocenters. The molecule has 2 saturated heterocycles. The van der Waals surface area contributed by atoms with Gasteiger partial charge in [-0.2, -0.15) is 0 Å². The number of aromatic nitrogens is 2. The number of thioether (sulfide) groups is 1. The van der Waals surface area contributed by atoms with E-state index in [1.807, 2.05) is 0 Å². The summed E-state index contributed by atoms with van der Waals surface area (Å²) in [4.78, 5) is 24.7. The minimum Gasteiger partial charge on any atom is -0.356 e. The van der Waals surface area contributed by atoms with Gasteiger partial charge >= 0.3 is 0 Å². The molecule has 0 saturated carbocycles. The zero-order valence-corrected chi connectivity index (χ0v) is 16.2. The first kappa shape index (κ1) is 18.7. The van der Waals surface area contributed by atoms with E-state index in [4.69, 9.17) is 11.6 Å². The van der Waals surface area contributed by atoms with Gasteiger partial charge in [-0.15, -0.1) is 0 Å². The van der Waals surface area contributed by atoms with Gasteiger partial charge < -0.3 is 15.1 Å². The van der Waals surface area contributed by atoms with Crippen LogP contribution in [-0.4, -0.2) is 60.9 Å². The Balaban J connectivity index is 1.42. The normalized spacial score (nSPS) is 18.5. The molecule has 1 aromatic heterocycles. The van der Waals surface area contributed by atoms with E-state index in [9.17, 15) is 4.79 Å². The summed E-state index contributed by atoms with van der Waals surface area (Å²) in [7, 11) is 0. The van der Waals surface area contributed by atoms with Crippen LogP contribution in [0.1, 0.15) is 32.1 Å². The van der Waals surface area contributed by atoms with E-state index in [0.29, 0.717) is 16.1 Å². The first-order valence-corrected chi connectivity index (χ1v) is 10.6. The molecule has 1 amide bonds. The summed E-state index contributed by atoms with van der Waals surface area (Å²) in [5.41, 5.74) is 0. The minimum absolute atomic E-state index is 0.0349. The quantitative estimate of drug-likeness (QED) is 0.417. The first-order chi connectivity index (χ1) is 12.2. The molecule has 0 atom stereocenters. The summed E-state index contributed by atoms with van der Waals surface area (Å²) >= 11 is 7.47. The third-order valence-electron chi connectivity index (χ3n) is 4.78. The number of amides is 1. The molecule has 2 aliphatic rings. The Bertz CT molecular complexity index is 576. The second-order valence-electron chi connectivity index (χ2n) is 6.72. The fraction of sp³-hybridized carbons (Fsp3) is 0.706. The summed E-state index contributed by atoms with van der Waals surface area (Å²) in [5, 5.41) is 4.02. The van der Waals surface area contributed by atoms with Gasteiger partial charge in [0.15, 0.2) is 5.16 Å². The van der Waals surface area contributed by atoms with Gasteiger partial charge in [-0.1, -0.05) is 23.4 Å². The van der Waals surface area contributed by atoms with Crippen LogP contribution in [0.2, 0.25) is 5.15 Å². The fourth-order valence-corrected chi connectivity index (χ4v) is 4.33. The van der Waals surface area contributed by atoms with Crippen LogP contribution < -0.4 is 15.1 Å². The molecule has 0 radical (unpaired) electrons. The topological polar surface area (TPSA) is 62.6 Å². The van der Waals surface area contributed by atoms with E-state index >= 15 is 0 Å². The van der Waals surface area contributed by atoms with Crippen LogP contribution in [-0.2, 0) is 4.79 Å². The van der Waals surface area contributed by atoms with Crippen LogP contribution in [0.15, 0.2) is 11.2 Å². The lowest BCUT2D eigenvalue weighted by Gasteiger charge is -2.23. The Kier molecular flexibility index (Phi) is 7.19. The number of nitrogens with zero attached hydrogens (tertiary/aromatic N) is 3. The molecule has 0 bridgehead atoms. The Labute approximate surface area is 158 Å².